The quantitative estimate of drug-likeness (QED) is 0.493. The van der Waals surface area contributed by atoms with Crippen LogP contribution in [-0.2, 0) is 11.3 Å². The van der Waals surface area contributed by atoms with Crippen LogP contribution in [0.3, 0.4) is 0 Å². The summed E-state index contributed by atoms with van der Waals surface area (Å²) < 4.78 is 5.76. The van der Waals surface area contributed by atoms with Gasteiger partial charge in [0.1, 0.15) is 11.5 Å². The van der Waals surface area contributed by atoms with E-state index >= 15 is 0 Å². The minimum Gasteiger partial charge on any atom is -0.457 e. The fourth-order valence-corrected chi connectivity index (χ4v) is 2.30. The van der Waals surface area contributed by atoms with Gasteiger partial charge in [-0.15, -0.1) is 0 Å². The molecule has 1 unspecified atom stereocenters. The molecule has 0 aliphatic carbocycles. The van der Waals surface area contributed by atoms with Gasteiger partial charge in [-0.3, -0.25) is 4.79 Å². The molecule has 5 heteroatoms. The number of ether oxygens (including phenoxy) is 1. The minimum absolute atomic E-state index is 0.185. The second-order valence-corrected chi connectivity index (χ2v) is 6.41. The van der Waals surface area contributed by atoms with Crippen molar-refractivity contribution in [2.24, 2.45) is 17.4 Å². The Balaban J connectivity index is 1.94. The van der Waals surface area contributed by atoms with Crippen molar-refractivity contribution in [2.45, 2.75) is 20.4 Å². The molecule has 0 radical (unpaired) electrons. The third kappa shape index (κ3) is 6.64. The first kappa shape index (κ1) is 20.3. The lowest BCUT2D eigenvalue weighted by molar-refractivity contribution is -0.117. The Kier molecular flexibility index (Phi) is 7.64. The van der Waals surface area contributed by atoms with Crippen molar-refractivity contribution in [3.05, 3.63) is 83.6 Å². The zero-order chi connectivity index (χ0) is 19.6. The van der Waals surface area contributed by atoms with Gasteiger partial charge in [-0.05, 0) is 49.2 Å². The summed E-state index contributed by atoms with van der Waals surface area (Å²) in [6, 6.07) is 17.2. The van der Waals surface area contributed by atoms with Crippen LogP contribution >= 0.6 is 0 Å². The van der Waals surface area contributed by atoms with Crippen LogP contribution in [0.5, 0.6) is 11.5 Å². The average molecular weight is 365 g/mol. The molecule has 1 atom stereocenters. The van der Waals surface area contributed by atoms with Gasteiger partial charge >= 0.3 is 0 Å². The Morgan fingerprint density at radius 2 is 1.74 bits per heavy atom. The summed E-state index contributed by atoms with van der Waals surface area (Å²) in [7, 11) is 0. The lowest BCUT2D eigenvalue weighted by Crippen LogP contribution is -2.25. The molecule has 0 fully saturated rings. The molecule has 0 bridgehead atoms. The van der Waals surface area contributed by atoms with Crippen LogP contribution < -0.4 is 21.5 Å². The van der Waals surface area contributed by atoms with Gasteiger partial charge < -0.3 is 21.5 Å². The van der Waals surface area contributed by atoms with Crippen LogP contribution in [0.1, 0.15) is 19.4 Å². The van der Waals surface area contributed by atoms with Gasteiger partial charge in [0.15, 0.2) is 0 Å². The van der Waals surface area contributed by atoms with Gasteiger partial charge in [0, 0.05) is 12.2 Å². The second kappa shape index (κ2) is 10.2. The van der Waals surface area contributed by atoms with Crippen LogP contribution in [0.25, 0.3) is 0 Å². The molecule has 2 aromatic carbocycles. The number of hydrogen-bond donors (Lipinski definition) is 3. The summed E-state index contributed by atoms with van der Waals surface area (Å²) in [5.74, 6) is 1.50. The fraction of sp³-hybridized carbons (Fsp3) is 0.227. The Morgan fingerprint density at radius 3 is 2.33 bits per heavy atom. The molecule has 27 heavy (non-hydrogen) atoms. The topological polar surface area (TPSA) is 90.4 Å². The molecule has 0 saturated heterocycles. The van der Waals surface area contributed by atoms with E-state index in [1.807, 2.05) is 67.6 Å². The molecule has 5 nitrogen and oxygen atoms in total. The van der Waals surface area contributed by atoms with Crippen molar-refractivity contribution in [1.29, 1.82) is 0 Å². The van der Waals surface area contributed by atoms with Gasteiger partial charge in [-0.25, -0.2) is 0 Å². The first-order valence-corrected chi connectivity index (χ1v) is 8.94. The van der Waals surface area contributed by atoms with Crippen LogP contribution in [-0.4, -0.2) is 12.5 Å². The van der Waals surface area contributed by atoms with E-state index in [4.69, 9.17) is 16.2 Å². The van der Waals surface area contributed by atoms with Gasteiger partial charge in [-0.1, -0.05) is 49.4 Å². The fourth-order valence-electron chi connectivity index (χ4n) is 2.30. The van der Waals surface area contributed by atoms with Gasteiger partial charge in [0.05, 0.1) is 5.57 Å². The van der Waals surface area contributed by atoms with Crippen molar-refractivity contribution in [2.75, 3.05) is 6.54 Å². The van der Waals surface area contributed by atoms with Crippen LogP contribution in [0.2, 0.25) is 0 Å². The summed E-state index contributed by atoms with van der Waals surface area (Å²) >= 11 is 0. The van der Waals surface area contributed by atoms with Crippen molar-refractivity contribution in [3.63, 3.8) is 0 Å². The molecule has 0 spiro atoms. The number of amides is 1. The summed E-state index contributed by atoms with van der Waals surface area (Å²) in [6.45, 7) is 4.62. The molecule has 0 saturated carbocycles. The molecule has 0 aliphatic rings. The number of rotatable bonds is 8. The SMILES string of the molecule is C/C(N)=C(\C=C/C(C)CN)C(=O)NCc1ccc(Oc2ccccc2)cc1. The van der Waals surface area contributed by atoms with E-state index in [1.54, 1.807) is 13.0 Å². The molecular weight excluding hydrogens is 338 g/mol. The minimum atomic E-state index is -0.208. The van der Waals surface area contributed by atoms with E-state index in [9.17, 15) is 4.79 Å². The molecule has 2 rings (SSSR count). The highest BCUT2D eigenvalue weighted by molar-refractivity contribution is 5.96. The van der Waals surface area contributed by atoms with Crippen LogP contribution in [0.4, 0.5) is 0 Å². The van der Waals surface area contributed by atoms with Crippen LogP contribution in [0, 0.1) is 5.92 Å². The maximum Gasteiger partial charge on any atom is 0.253 e. The average Bonchev–Trinajstić information content (AvgIpc) is 2.68. The predicted molar refractivity (Wildman–Crippen MR) is 109 cm³/mol. The smallest absolute Gasteiger partial charge is 0.253 e. The maximum atomic E-state index is 12.4. The molecule has 0 heterocycles. The van der Waals surface area contributed by atoms with E-state index < -0.39 is 0 Å². The lowest BCUT2D eigenvalue weighted by atomic mass is 10.1. The van der Waals surface area contributed by atoms with Gasteiger partial charge in [0.2, 0.25) is 0 Å². The standard InChI is InChI=1S/C22H27N3O2/c1-16(14-23)8-13-21(17(2)24)22(26)25-15-18-9-11-20(12-10-18)27-19-6-4-3-5-7-19/h3-13,16H,14-15,23-24H2,1-2H3,(H,25,26)/b13-8-,21-17-. The Hall–Kier alpha value is -3.05. The van der Waals surface area contributed by atoms with Crippen LogP contribution in [0.15, 0.2) is 78.0 Å². The first-order valence-electron chi connectivity index (χ1n) is 8.94. The third-order valence-electron chi connectivity index (χ3n) is 3.99. The zero-order valence-corrected chi connectivity index (χ0v) is 15.8. The zero-order valence-electron chi connectivity index (χ0n) is 15.8. The van der Waals surface area contributed by atoms with E-state index in [1.165, 1.54) is 0 Å². The lowest BCUT2D eigenvalue weighted by Gasteiger charge is -2.10. The highest BCUT2D eigenvalue weighted by Gasteiger charge is 2.09. The summed E-state index contributed by atoms with van der Waals surface area (Å²) in [6.07, 6.45) is 3.62. The number of hydrogen-bond acceptors (Lipinski definition) is 4. The van der Waals surface area contributed by atoms with Crippen molar-refractivity contribution >= 4 is 5.91 Å². The Morgan fingerprint density at radius 1 is 1.11 bits per heavy atom. The molecule has 5 N–H and O–H groups in total. The number of carbonyl (C=O) groups is 1. The number of nitrogens with two attached hydrogens (primary N) is 2. The number of benzene rings is 2. The summed E-state index contributed by atoms with van der Waals surface area (Å²) in [5.41, 5.74) is 13.3. The summed E-state index contributed by atoms with van der Waals surface area (Å²) in [5, 5.41) is 2.89. The van der Waals surface area contributed by atoms with Gasteiger partial charge in [0.25, 0.3) is 5.91 Å². The normalized spacial score (nSPS) is 13.1. The predicted octanol–water partition coefficient (Wildman–Crippen LogP) is 3.48. The Labute approximate surface area is 160 Å². The second-order valence-electron chi connectivity index (χ2n) is 6.41. The van der Waals surface area contributed by atoms with Crippen molar-refractivity contribution in [3.8, 4) is 11.5 Å². The molecule has 142 valence electrons. The monoisotopic (exact) mass is 365 g/mol. The molecule has 2 aromatic rings. The number of carbonyl (C=O) groups excluding carboxylic acids is 1. The van der Waals surface area contributed by atoms with Gasteiger partial charge in [-0.2, -0.15) is 0 Å². The van der Waals surface area contributed by atoms with Crippen molar-refractivity contribution in [1.82, 2.24) is 5.32 Å². The molecule has 1 amide bonds. The largest absolute Gasteiger partial charge is 0.457 e. The third-order valence-corrected chi connectivity index (χ3v) is 3.99. The van der Waals surface area contributed by atoms with E-state index in [-0.39, 0.29) is 11.8 Å². The van der Waals surface area contributed by atoms with E-state index in [0.29, 0.717) is 24.4 Å². The van der Waals surface area contributed by atoms with E-state index in [2.05, 4.69) is 5.32 Å². The highest BCUT2D eigenvalue weighted by atomic mass is 16.5. The molecule has 0 aliphatic heterocycles. The maximum absolute atomic E-state index is 12.4. The first-order chi connectivity index (χ1) is 13.0. The molecular formula is C22H27N3O2. The number of allylic oxidation sites excluding steroid dienone is 1. The number of nitrogens with one attached hydrogen (secondary N) is 1. The molecule has 0 aromatic heterocycles. The summed E-state index contributed by atoms with van der Waals surface area (Å²) in [4.78, 5) is 12.4. The van der Waals surface area contributed by atoms with Crippen molar-refractivity contribution < 1.29 is 9.53 Å². The Bertz CT molecular complexity index is 792. The highest BCUT2D eigenvalue weighted by Crippen LogP contribution is 2.21. The number of para-hydroxylation sites is 1. The van der Waals surface area contributed by atoms with E-state index in [0.717, 1.165) is 17.1 Å².